The summed E-state index contributed by atoms with van der Waals surface area (Å²) in [4.78, 5) is 6.28. The lowest BCUT2D eigenvalue weighted by atomic mass is 9.98. The predicted octanol–water partition coefficient (Wildman–Crippen LogP) is -0.0372. The van der Waals surface area contributed by atoms with Crippen LogP contribution >= 0.6 is 0 Å². The molecule has 0 radical (unpaired) electrons. The molecule has 0 bridgehead atoms. The number of anilines is 1. The van der Waals surface area contributed by atoms with Crippen molar-refractivity contribution in [3.63, 3.8) is 0 Å². The van der Waals surface area contributed by atoms with Crippen LogP contribution in [0.5, 0.6) is 0 Å². The molecule has 0 aromatic carbocycles. The number of piperidine rings is 1. The van der Waals surface area contributed by atoms with Crippen LogP contribution in [0.25, 0.3) is 0 Å². The minimum Gasteiger partial charge on any atom is -0.355 e. The van der Waals surface area contributed by atoms with Crippen molar-refractivity contribution in [2.75, 3.05) is 24.5 Å². The molecule has 3 N–H and O–H groups in total. The van der Waals surface area contributed by atoms with Gasteiger partial charge in [-0.1, -0.05) is 0 Å². The Bertz CT molecular complexity index is 611. The van der Waals surface area contributed by atoms with Crippen LogP contribution in [0.2, 0.25) is 0 Å². The van der Waals surface area contributed by atoms with E-state index in [2.05, 4.69) is 15.8 Å². The fourth-order valence-corrected chi connectivity index (χ4v) is 2.86. The SMILES string of the molecule is N#Cc1cccnc1N1CCCC(CNS(N)(=O)=O)C1. The standard InChI is InChI=1S/C12H17N5O2S/c13-7-11-4-1-5-15-12(11)17-6-2-3-10(9-17)8-16-20(14,18)19/h1,4-5,10,16H,2-3,6,8-9H2,(H2,14,18,19). The minimum atomic E-state index is -3.65. The van der Waals surface area contributed by atoms with Gasteiger partial charge in [0.1, 0.15) is 11.9 Å². The van der Waals surface area contributed by atoms with E-state index in [1.807, 2.05) is 4.90 Å². The van der Waals surface area contributed by atoms with Crippen molar-refractivity contribution in [2.24, 2.45) is 11.1 Å². The maximum atomic E-state index is 10.9. The molecule has 0 saturated carbocycles. The molecule has 0 amide bonds. The molecule has 0 spiro atoms. The van der Waals surface area contributed by atoms with Crippen molar-refractivity contribution in [1.29, 1.82) is 5.26 Å². The summed E-state index contributed by atoms with van der Waals surface area (Å²) >= 11 is 0. The normalized spacial score (nSPS) is 19.6. The lowest BCUT2D eigenvalue weighted by Gasteiger charge is -2.33. The Labute approximate surface area is 118 Å². The van der Waals surface area contributed by atoms with Gasteiger partial charge in [-0.2, -0.15) is 13.7 Å². The van der Waals surface area contributed by atoms with Crippen LogP contribution in [0.3, 0.4) is 0 Å². The highest BCUT2D eigenvalue weighted by Gasteiger charge is 2.23. The first-order chi connectivity index (χ1) is 9.49. The molecule has 20 heavy (non-hydrogen) atoms. The molecule has 8 heteroatoms. The highest BCUT2D eigenvalue weighted by atomic mass is 32.2. The highest BCUT2D eigenvalue weighted by molar-refractivity contribution is 7.87. The average Bonchev–Trinajstić information content (AvgIpc) is 2.45. The van der Waals surface area contributed by atoms with Crippen molar-refractivity contribution < 1.29 is 8.42 Å². The summed E-state index contributed by atoms with van der Waals surface area (Å²) in [7, 11) is -3.65. The van der Waals surface area contributed by atoms with Crippen LogP contribution < -0.4 is 14.8 Å². The third-order valence-electron chi connectivity index (χ3n) is 3.30. The Morgan fingerprint density at radius 2 is 2.40 bits per heavy atom. The van der Waals surface area contributed by atoms with E-state index in [1.54, 1.807) is 18.3 Å². The molecular formula is C12H17N5O2S. The smallest absolute Gasteiger partial charge is 0.274 e. The van der Waals surface area contributed by atoms with Gasteiger partial charge >= 0.3 is 0 Å². The number of hydrogen-bond acceptors (Lipinski definition) is 5. The van der Waals surface area contributed by atoms with Gasteiger partial charge in [0, 0.05) is 25.8 Å². The molecule has 1 aliphatic heterocycles. The van der Waals surface area contributed by atoms with Gasteiger partial charge in [0.05, 0.1) is 5.56 Å². The van der Waals surface area contributed by atoms with E-state index in [4.69, 9.17) is 10.4 Å². The van der Waals surface area contributed by atoms with Crippen LogP contribution in [-0.4, -0.2) is 33.0 Å². The topological polar surface area (TPSA) is 112 Å². The largest absolute Gasteiger partial charge is 0.355 e. The van der Waals surface area contributed by atoms with Gasteiger partial charge in [0.25, 0.3) is 10.2 Å². The quantitative estimate of drug-likeness (QED) is 0.809. The van der Waals surface area contributed by atoms with Crippen molar-refractivity contribution in [2.45, 2.75) is 12.8 Å². The molecule has 108 valence electrons. The van der Waals surface area contributed by atoms with Gasteiger partial charge in [-0.25, -0.2) is 14.8 Å². The Morgan fingerprint density at radius 1 is 1.60 bits per heavy atom. The Kier molecular flexibility index (Phi) is 4.54. The van der Waals surface area contributed by atoms with E-state index in [-0.39, 0.29) is 5.92 Å². The summed E-state index contributed by atoms with van der Waals surface area (Å²) in [6.45, 7) is 1.79. The number of hydrogen-bond donors (Lipinski definition) is 2. The van der Waals surface area contributed by atoms with E-state index in [0.717, 1.165) is 19.4 Å². The van der Waals surface area contributed by atoms with Crippen LogP contribution in [0, 0.1) is 17.2 Å². The molecular weight excluding hydrogens is 278 g/mol. The number of nitrogens with zero attached hydrogens (tertiary/aromatic N) is 3. The maximum Gasteiger partial charge on any atom is 0.274 e. The molecule has 2 heterocycles. The second kappa shape index (κ2) is 6.17. The fourth-order valence-electron chi connectivity index (χ4n) is 2.39. The molecule has 1 aromatic rings. The first kappa shape index (κ1) is 14.7. The second-order valence-corrected chi connectivity index (χ2v) is 6.21. The Balaban J connectivity index is 2.05. The molecule has 1 aromatic heterocycles. The summed E-state index contributed by atoms with van der Waals surface area (Å²) in [5.74, 6) is 0.825. The van der Waals surface area contributed by atoms with Crippen LogP contribution in [0.4, 0.5) is 5.82 Å². The predicted molar refractivity (Wildman–Crippen MR) is 75.0 cm³/mol. The molecule has 1 aliphatic rings. The minimum absolute atomic E-state index is 0.163. The van der Waals surface area contributed by atoms with Gasteiger partial charge in [0.15, 0.2) is 0 Å². The third-order valence-corrected chi connectivity index (χ3v) is 3.87. The fraction of sp³-hybridized carbons (Fsp3) is 0.500. The molecule has 1 unspecified atom stereocenters. The molecule has 2 rings (SSSR count). The number of nitrogens with one attached hydrogen (secondary N) is 1. The average molecular weight is 295 g/mol. The summed E-state index contributed by atoms with van der Waals surface area (Å²) in [6.07, 6.45) is 3.51. The van der Waals surface area contributed by atoms with Gasteiger partial charge < -0.3 is 4.90 Å². The van der Waals surface area contributed by atoms with Crippen molar-refractivity contribution in [3.8, 4) is 6.07 Å². The van der Waals surface area contributed by atoms with Crippen molar-refractivity contribution in [1.82, 2.24) is 9.71 Å². The molecule has 7 nitrogen and oxygen atoms in total. The Morgan fingerprint density at radius 3 is 3.10 bits per heavy atom. The summed E-state index contributed by atoms with van der Waals surface area (Å²) < 4.78 is 24.2. The molecule has 1 atom stereocenters. The first-order valence-corrected chi connectivity index (χ1v) is 7.91. The van der Waals surface area contributed by atoms with E-state index in [1.165, 1.54) is 0 Å². The number of nitriles is 1. The second-order valence-electron chi connectivity index (χ2n) is 4.83. The maximum absolute atomic E-state index is 10.9. The van der Waals surface area contributed by atoms with Gasteiger partial charge in [0.2, 0.25) is 0 Å². The van der Waals surface area contributed by atoms with Crippen LogP contribution in [0.1, 0.15) is 18.4 Å². The van der Waals surface area contributed by atoms with E-state index >= 15 is 0 Å². The number of nitrogens with two attached hydrogens (primary N) is 1. The van der Waals surface area contributed by atoms with E-state index in [0.29, 0.717) is 24.5 Å². The summed E-state index contributed by atoms with van der Waals surface area (Å²) in [5.41, 5.74) is 0.535. The molecule has 1 saturated heterocycles. The lowest BCUT2D eigenvalue weighted by molar-refractivity contribution is 0.409. The lowest BCUT2D eigenvalue weighted by Crippen LogP contribution is -2.43. The number of rotatable bonds is 4. The third kappa shape index (κ3) is 3.90. The monoisotopic (exact) mass is 295 g/mol. The van der Waals surface area contributed by atoms with Gasteiger partial charge in [-0.3, -0.25) is 0 Å². The van der Waals surface area contributed by atoms with Gasteiger partial charge in [-0.15, -0.1) is 0 Å². The highest BCUT2D eigenvalue weighted by Crippen LogP contribution is 2.23. The van der Waals surface area contributed by atoms with E-state index in [9.17, 15) is 8.42 Å². The van der Waals surface area contributed by atoms with Crippen LogP contribution in [-0.2, 0) is 10.2 Å². The van der Waals surface area contributed by atoms with Crippen LogP contribution in [0.15, 0.2) is 18.3 Å². The number of pyridine rings is 1. The first-order valence-electron chi connectivity index (χ1n) is 6.37. The molecule has 1 fully saturated rings. The summed E-state index contributed by atoms with van der Waals surface area (Å²) in [6, 6.07) is 5.59. The zero-order valence-electron chi connectivity index (χ0n) is 11.0. The van der Waals surface area contributed by atoms with Gasteiger partial charge in [-0.05, 0) is 30.9 Å². The number of aromatic nitrogens is 1. The van der Waals surface area contributed by atoms with Crippen molar-refractivity contribution in [3.05, 3.63) is 23.9 Å². The molecule has 0 aliphatic carbocycles. The van der Waals surface area contributed by atoms with Crippen molar-refractivity contribution >= 4 is 16.0 Å². The summed E-state index contributed by atoms with van der Waals surface area (Å²) in [5, 5.41) is 14.0. The Hall–Kier alpha value is -1.69. The zero-order valence-corrected chi connectivity index (χ0v) is 11.8. The van der Waals surface area contributed by atoms with E-state index < -0.39 is 10.2 Å². The zero-order chi connectivity index (χ0) is 14.6.